The van der Waals surface area contributed by atoms with Crippen molar-refractivity contribution in [1.29, 1.82) is 0 Å². The number of amides is 1. The summed E-state index contributed by atoms with van der Waals surface area (Å²) in [6.45, 7) is 1.63. The second-order valence-corrected chi connectivity index (χ2v) is 8.01. The number of para-hydroxylation sites is 1. The molecule has 1 amide bonds. The van der Waals surface area contributed by atoms with Crippen molar-refractivity contribution in [3.8, 4) is 0 Å². The third-order valence-electron chi connectivity index (χ3n) is 6.70. The monoisotopic (exact) mass is 345 g/mol. The number of Topliss-reactive ketones (excluding diaryl/α,β-unsaturated/α-hetero) is 1. The van der Waals surface area contributed by atoms with Gasteiger partial charge in [0.1, 0.15) is 0 Å². The summed E-state index contributed by atoms with van der Waals surface area (Å²) in [5.41, 5.74) is 4.43. The van der Waals surface area contributed by atoms with Gasteiger partial charge in [0, 0.05) is 23.2 Å². The molecule has 4 atom stereocenters. The predicted molar refractivity (Wildman–Crippen MR) is 101 cm³/mol. The lowest BCUT2D eigenvalue weighted by atomic mass is 9.63. The molecule has 1 aliphatic heterocycles. The first kappa shape index (κ1) is 15.8. The SMILES string of the molecule is CC(=O)c1ccc2c(c1)C1CCCC3C1C(C2)C(=O)N3c1ccccc1. The van der Waals surface area contributed by atoms with Crippen LogP contribution in [0.2, 0.25) is 0 Å². The van der Waals surface area contributed by atoms with E-state index in [-0.39, 0.29) is 11.7 Å². The second-order valence-electron chi connectivity index (χ2n) is 8.01. The first-order valence-corrected chi connectivity index (χ1v) is 9.67. The minimum atomic E-state index is 0.0844. The fraction of sp³-hybridized carbons (Fsp3) is 0.391. The van der Waals surface area contributed by atoms with Crippen LogP contribution in [0.25, 0.3) is 0 Å². The fourth-order valence-corrected chi connectivity index (χ4v) is 5.63. The molecule has 0 radical (unpaired) electrons. The van der Waals surface area contributed by atoms with Crippen LogP contribution in [0.4, 0.5) is 5.69 Å². The first-order valence-electron chi connectivity index (χ1n) is 9.67. The summed E-state index contributed by atoms with van der Waals surface area (Å²) in [5.74, 6) is 1.28. The minimum Gasteiger partial charge on any atom is -0.309 e. The Hall–Kier alpha value is -2.42. The highest BCUT2D eigenvalue weighted by atomic mass is 16.2. The van der Waals surface area contributed by atoms with Crippen LogP contribution < -0.4 is 4.90 Å². The number of anilines is 1. The molecule has 4 unspecified atom stereocenters. The second kappa shape index (κ2) is 5.80. The number of carbonyl (C=O) groups excluding carboxylic acids is 2. The molecule has 0 spiro atoms. The highest BCUT2D eigenvalue weighted by Crippen LogP contribution is 2.54. The van der Waals surface area contributed by atoms with Gasteiger partial charge in [-0.1, -0.05) is 36.8 Å². The number of rotatable bonds is 2. The lowest BCUT2D eigenvalue weighted by molar-refractivity contribution is -0.121. The summed E-state index contributed by atoms with van der Waals surface area (Å²) in [5, 5.41) is 0. The van der Waals surface area contributed by atoms with Crippen molar-refractivity contribution in [2.75, 3.05) is 4.90 Å². The van der Waals surface area contributed by atoms with E-state index >= 15 is 0 Å². The number of nitrogens with zero attached hydrogens (tertiary/aromatic N) is 1. The Labute approximate surface area is 154 Å². The molecule has 1 heterocycles. The number of hydrogen-bond donors (Lipinski definition) is 0. The van der Waals surface area contributed by atoms with Crippen molar-refractivity contribution in [2.45, 2.75) is 44.6 Å². The molecule has 3 aliphatic rings. The lowest BCUT2D eigenvalue weighted by Crippen LogP contribution is -2.40. The summed E-state index contributed by atoms with van der Waals surface area (Å²) in [4.78, 5) is 27.3. The van der Waals surface area contributed by atoms with Crippen molar-refractivity contribution in [3.05, 3.63) is 65.2 Å². The molecule has 0 N–H and O–H groups in total. The molecule has 0 aromatic heterocycles. The zero-order valence-electron chi connectivity index (χ0n) is 15.0. The summed E-state index contributed by atoms with van der Waals surface area (Å²) >= 11 is 0. The Morgan fingerprint density at radius 2 is 1.85 bits per heavy atom. The maximum absolute atomic E-state index is 13.3. The minimum absolute atomic E-state index is 0.0844. The molecule has 2 aromatic carbocycles. The van der Waals surface area contributed by atoms with E-state index in [4.69, 9.17) is 0 Å². The number of carbonyl (C=O) groups is 2. The average molecular weight is 345 g/mol. The summed E-state index contributed by atoms with van der Waals surface area (Å²) < 4.78 is 0. The van der Waals surface area contributed by atoms with Gasteiger partial charge in [0.25, 0.3) is 0 Å². The molecule has 0 bridgehead atoms. The molecule has 26 heavy (non-hydrogen) atoms. The van der Waals surface area contributed by atoms with E-state index in [9.17, 15) is 9.59 Å². The van der Waals surface area contributed by atoms with Gasteiger partial charge < -0.3 is 4.90 Å². The molecule has 3 nitrogen and oxygen atoms in total. The zero-order chi connectivity index (χ0) is 17.8. The van der Waals surface area contributed by atoms with Crippen LogP contribution >= 0.6 is 0 Å². The van der Waals surface area contributed by atoms with Gasteiger partial charge >= 0.3 is 0 Å². The lowest BCUT2D eigenvalue weighted by Gasteiger charge is -2.41. The molecule has 2 aliphatic carbocycles. The summed E-state index contributed by atoms with van der Waals surface area (Å²) in [6.07, 6.45) is 4.16. The highest BCUT2D eigenvalue weighted by Gasteiger charge is 2.55. The Balaban J connectivity index is 1.60. The largest absolute Gasteiger partial charge is 0.309 e. The Kier molecular flexibility index (Phi) is 3.53. The molecule has 2 fully saturated rings. The molecule has 3 heteroatoms. The smallest absolute Gasteiger partial charge is 0.231 e. The van der Waals surface area contributed by atoms with Crippen molar-refractivity contribution in [2.24, 2.45) is 11.8 Å². The van der Waals surface area contributed by atoms with Gasteiger partial charge in [-0.25, -0.2) is 0 Å². The summed E-state index contributed by atoms with van der Waals surface area (Å²) in [7, 11) is 0. The Morgan fingerprint density at radius 3 is 2.62 bits per heavy atom. The molecule has 1 saturated carbocycles. The van der Waals surface area contributed by atoms with Gasteiger partial charge in [0.15, 0.2) is 5.78 Å². The molecule has 132 valence electrons. The van der Waals surface area contributed by atoms with Crippen LogP contribution in [0.1, 0.15) is 53.6 Å². The number of fused-ring (bicyclic) bond motifs is 2. The molecule has 5 rings (SSSR count). The average Bonchev–Trinajstić information content (AvgIpc) is 2.95. The third kappa shape index (κ3) is 2.19. The van der Waals surface area contributed by atoms with Crippen molar-refractivity contribution < 1.29 is 9.59 Å². The van der Waals surface area contributed by atoms with E-state index in [1.165, 1.54) is 11.1 Å². The Morgan fingerprint density at radius 1 is 1.04 bits per heavy atom. The van der Waals surface area contributed by atoms with E-state index in [1.54, 1.807) is 6.92 Å². The molecular weight excluding hydrogens is 322 g/mol. The van der Waals surface area contributed by atoms with E-state index in [2.05, 4.69) is 29.2 Å². The highest BCUT2D eigenvalue weighted by molar-refractivity contribution is 5.99. The standard InChI is InChI=1S/C23H23NO2/c1-14(25)15-10-11-16-13-20-22-18(19(16)12-15)8-5-9-21(22)24(23(20)26)17-6-3-2-4-7-17/h2-4,6-7,10-12,18,20-22H,5,8-9,13H2,1H3. The van der Waals surface area contributed by atoms with Crippen molar-refractivity contribution >= 4 is 17.4 Å². The maximum atomic E-state index is 13.3. The van der Waals surface area contributed by atoms with E-state index in [0.717, 1.165) is 36.9 Å². The normalized spacial score (nSPS) is 29.3. The quantitative estimate of drug-likeness (QED) is 0.758. The molecule has 1 saturated heterocycles. The van der Waals surface area contributed by atoms with Gasteiger partial charge in [0.05, 0.1) is 0 Å². The molecule has 2 aromatic rings. The van der Waals surface area contributed by atoms with E-state index in [1.807, 2.05) is 24.3 Å². The van der Waals surface area contributed by atoms with E-state index in [0.29, 0.717) is 23.8 Å². The Bertz CT molecular complexity index is 888. The molecular formula is C23H23NO2. The van der Waals surface area contributed by atoms with Gasteiger partial charge in [-0.2, -0.15) is 0 Å². The number of ketones is 1. The van der Waals surface area contributed by atoms with Crippen LogP contribution in [-0.2, 0) is 11.2 Å². The van der Waals surface area contributed by atoms with Gasteiger partial charge in [0.2, 0.25) is 5.91 Å². The number of hydrogen-bond acceptors (Lipinski definition) is 2. The fourth-order valence-electron chi connectivity index (χ4n) is 5.63. The van der Waals surface area contributed by atoms with E-state index < -0.39 is 0 Å². The van der Waals surface area contributed by atoms with Crippen molar-refractivity contribution in [3.63, 3.8) is 0 Å². The maximum Gasteiger partial charge on any atom is 0.231 e. The van der Waals surface area contributed by atoms with Crippen LogP contribution in [0.15, 0.2) is 48.5 Å². The van der Waals surface area contributed by atoms with Gasteiger partial charge in [-0.3, -0.25) is 9.59 Å². The van der Waals surface area contributed by atoms with Crippen LogP contribution in [-0.4, -0.2) is 17.7 Å². The predicted octanol–water partition coefficient (Wildman–Crippen LogP) is 4.36. The van der Waals surface area contributed by atoms with Crippen LogP contribution in [0.5, 0.6) is 0 Å². The zero-order valence-corrected chi connectivity index (χ0v) is 15.0. The summed E-state index contributed by atoms with van der Waals surface area (Å²) in [6, 6.07) is 16.6. The first-order chi connectivity index (χ1) is 12.6. The van der Waals surface area contributed by atoms with Crippen LogP contribution in [0, 0.1) is 11.8 Å². The number of benzene rings is 2. The van der Waals surface area contributed by atoms with Gasteiger partial charge in [-0.05, 0) is 67.3 Å². The van der Waals surface area contributed by atoms with Crippen molar-refractivity contribution in [1.82, 2.24) is 0 Å². The van der Waals surface area contributed by atoms with Gasteiger partial charge in [-0.15, -0.1) is 0 Å². The van der Waals surface area contributed by atoms with Crippen LogP contribution in [0.3, 0.4) is 0 Å². The third-order valence-corrected chi connectivity index (χ3v) is 6.70. The topological polar surface area (TPSA) is 37.4 Å².